The molecule has 1 rings (SSSR count). The number of benzene rings is 1. The van der Waals surface area contributed by atoms with Crippen molar-refractivity contribution < 1.29 is 13.0 Å². The molecule has 1 radical (unpaired) electrons. The molecule has 0 aromatic heterocycles. The molecule has 0 aliphatic carbocycles. The van der Waals surface area contributed by atoms with E-state index in [1.54, 1.807) is 24.3 Å². The van der Waals surface area contributed by atoms with Gasteiger partial charge in [-0.05, 0) is 11.6 Å². The number of hydrogen-bond donors (Lipinski definition) is 1. The molecular weight excluding hydrogens is 183 g/mol. The predicted octanol–water partition coefficient (Wildman–Crippen LogP) is 1.16. The Hall–Kier alpha value is -0.533. The first-order chi connectivity index (χ1) is 5.58. The second-order valence-corrected chi connectivity index (χ2v) is 3.53. The van der Waals surface area contributed by atoms with Crippen molar-refractivity contribution >= 4 is 35.1 Å². The maximum Gasteiger partial charge on any atom is 0.287 e. The summed E-state index contributed by atoms with van der Waals surface area (Å²) in [7, 11) is -4.00. The van der Waals surface area contributed by atoms with Gasteiger partial charge in [0, 0.05) is 18.9 Å². The fourth-order valence-electron chi connectivity index (χ4n) is 0.729. The normalized spacial score (nSPS) is 11.2. The van der Waals surface area contributed by atoms with Gasteiger partial charge in [-0.3, -0.25) is 4.55 Å². The fourth-order valence-corrected chi connectivity index (χ4v) is 1.06. The van der Waals surface area contributed by atoms with E-state index in [9.17, 15) is 8.42 Å². The Balaban J connectivity index is 0.00000144. The van der Waals surface area contributed by atoms with Gasteiger partial charge in [0.15, 0.2) is 0 Å². The van der Waals surface area contributed by atoms with E-state index in [0.717, 1.165) is 11.0 Å². The third-order valence-corrected chi connectivity index (χ3v) is 1.71. The second-order valence-electron chi connectivity index (χ2n) is 2.23. The first-order valence-electron chi connectivity index (χ1n) is 3.28. The predicted molar refractivity (Wildman–Crippen MR) is 52.8 cm³/mol. The molecule has 5 heteroatoms. The minimum absolute atomic E-state index is 0. The van der Waals surface area contributed by atoms with Crippen LogP contribution in [0.4, 0.5) is 0 Å². The van der Waals surface area contributed by atoms with Crippen molar-refractivity contribution in [1.82, 2.24) is 0 Å². The Labute approximate surface area is 89.4 Å². The van der Waals surface area contributed by atoms with Crippen LogP contribution in [0.2, 0.25) is 0 Å². The first-order valence-corrected chi connectivity index (χ1v) is 4.79. The van der Waals surface area contributed by atoms with E-state index in [1.807, 2.05) is 6.07 Å². The summed E-state index contributed by atoms with van der Waals surface area (Å²) >= 11 is 0. The van der Waals surface area contributed by atoms with Crippen LogP contribution in [-0.4, -0.2) is 31.8 Å². The maximum atomic E-state index is 10.3. The van der Waals surface area contributed by atoms with Crippen LogP contribution in [0.5, 0.6) is 0 Å². The molecule has 0 fully saturated rings. The van der Waals surface area contributed by atoms with Crippen LogP contribution in [-0.2, 0) is 10.1 Å². The minimum Gasteiger partial charge on any atom is -0.282 e. The van der Waals surface area contributed by atoms with Gasteiger partial charge in [0.05, 0.1) is 5.41 Å². The van der Waals surface area contributed by atoms with E-state index in [4.69, 9.17) is 4.55 Å². The molecule has 1 N–H and O–H groups in total. The van der Waals surface area contributed by atoms with Crippen molar-refractivity contribution in [2.75, 3.05) is 0 Å². The van der Waals surface area contributed by atoms with Gasteiger partial charge in [-0.15, -0.1) is 0 Å². The first kappa shape index (κ1) is 12.5. The van der Waals surface area contributed by atoms with Crippen molar-refractivity contribution in [2.24, 2.45) is 0 Å². The molecule has 0 unspecified atom stereocenters. The molecule has 0 spiro atoms. The van der Waals surface area contributed by atoms with E-state index in [0.29, 0.717) is 0 Å². The molecule has 65 valence electrons. The molecule has 1 aromatic rings. The minimum atomic E-state index is -4.00. The Bertz CT molecular complexity index is 370. The van der Waals surface area contributed by atoms with Crippen LogP contribution < -0.4 is 0 Å². The van der Waals surface area contributed by atoms with Crippen molar-refractivity contribution in [1.29, 1.82) is 0 Å². The van der Waals surface area contributed by atoms with Gasteiger partial charge in [0.1, 0.15) is 0 Å². The monoisotopic (exact) mass is 191 g/mol. The van der Waals surface area contributed by atoms with Crippen molar-refractivity contribution in [3.63, 3.8) is 0 Å². The van der Waals surface area contributed by atoms with Crippen LogP contribution in [0.25, 0.3) is 6.08 Å². The largest absolute Gasteiger partial charge is 0.287 e. The molecule has 0 heterocycles. The SMILES string of the molecule is O=S(=O)(O)C=Cc1ccccc1.[Li]. The number of hydrogen-bond acceptors (Lipinski definition) is 2. The van der Waals surface area contributed by atoms with E-state index >= 15 is 0 Å². The molecule has 3 nitrogen and oxygen atoms in total. The zero-order chi connectivity index (χ0) is 9.03. The van der Waals surface area contributed by atoms with Gasteiger partial charge in [-0.25, -0.2) is 0 Å². The Morgan fingerprint density at radius 2 is 1.69 bits per heavy atom. The molecule has 1 aromatic carbocycles. The summed E-state index contributed by atoms with van der Waals surface area (Å²) < 4.78 is 28.9. The molecule has 0 bridgehead atoms. The molecular formula is C8H8LiO3S. The van der Waals surface area contributed by atoms with Gasteiger partial charge < -0.3 is 0 Å². The standard InChI is InChI=1S/C8H8O3S.Li/c9-12(10,11)7-6-8-4-2-1-3-5-8;/h1-7H,(H,9,10,11);. The van der Waals surface area contributed by atoms with Gasteiger partial charge in [0.25, 0.3) is 10.1 Å². The summed E-state index contributed by atoms with van der Waals surface area (Å²) in [5, 5.41) is 0.752. The van der Waals surface area contributed by atoms with Crippen LogP contribution in [0.1, 0.15) is 5.56 Å². The summed E-state index contributed by atoms with van der Waals surface area (Å²) in [6.45, 7) is 0. The summed E-state index contributed by atoms with van der Waals surface area (Å²) in [5.74, 6) is 0. The smallest absolute Gasteiger partial charge is 0.282 e. The molecule has 0 aliphatic rings. The average Bonchev–Trinajstić information content (AvgIpc) is 2.02. The fraction of sp³-hybridized carbons (Fsp3) is 0. The van der Waals surface area contributed by atoms with E-state index in [1.165, 1.54) is 6.08 Å². The Morgan fingerprint density at radius 1 is 1.15 bits per heavy atom. The van der Waals surface area contributed by atoms with Crippen LogP contribution in [0.15, 0.2) is 35.7 Å². The zero-order valence-corrected chi connectivity index (χ0v) is 8.03. The Kier molecular flexibility index (Phi) is 5.04. The van der Waals surface area contributed by atoms with E-state index in [2.05, 4.69) is 0 Å². The van der Waals surface area contributed by atoms with Crippen molar-refractivity contribution in [3.05, 3.63) is 41.3 Å². The molecule has 0 aliphatic heterocycles. The molecule has 0 saturated carbocycles. The summed E-state index contributed by atoms with van der Waals surface area (Å²) in [6.07, 6.45) is 1.33. The second kappa shape index (κ2) is 5.25. The quantitative estimate of drug-likeness (QED) is 0.563. The molecule has 0 atom stereocenters. The number of rotatable bonds is 2. The molecule has 0 saturated heterocycles. The van der Waals surface area contributed by atoms with E-state index in [-0.39, 0.29) is 18.9 Å². The van der Waals surface area contributed by atoms with Crippen LogP contribution in [0.3, 0.4) is 0 Å². The summed E-state index contributed by atoms with van der Waals surface area (Å²) in [4.78, 5) is 0. The van der Waals surface area contributed by atoms with Crippen molar-refractivity contribution in [3.8, 4) is 0 Å². The zero-order valence-electron chi connectivity index (χ0n) is 7.21. The van der Waals surface area contributed by atoms with Gasteiger partial charge in [0.2, 0.25) is 0 Å². The molecule has 13 heavy (non-hydrogen) atoms. The third kappa shape index (κ3) is 5.67. The topological polar surface area (TPSA) is 54.4 Å². The molecule has 0 amide bonds. The van der Waals surface area contributed by atoms with Crippen LogP contribution >= 0.6 is 0 Å². The van der Waals surface area contributed by atoms with Crippen molar-refractivity contribution in [2.45, 2.75) is 0 Å². The summed E-state index contributed by atoms with van der Waals surface area (Å²) in [6, 6.07) is 8.86. The van der Waals surface area contributed by atoms with E-state index < -0.39 is 10.1 Å². The summed E-state index contributed by atoms with van der Waals surface area (Å²) in [5.41, 5.74) is 0.732. The third-order valence-electron chi connectivity index (χ3n) is 1.23. The Morgan fingerprint density at radius 3 is 2.15 bits per heavy atom. The van der Waals surface area contributed by atoms with Crippen LogP contribution in [0, 0.1) is 0 Å². The van der Waals surface area contributed by atoms with Gasteiger partial charge in [-0.1, -0.05) is 30.3 Å². The average molecular weight is 191 g/mol. The van der Waals surface area contributed by atoms with Gasteiger partial charge >= 0.3 is 0 Å². The maximum absolute atomic E-state index is 10.3. The van der Waals surface area contributed by atoms with Gasteiger partial charge in [-0.2, -0.15) is 8.42 Å².